The molecule has 0 aliphatic rings. The Labute approximate surface area is 120 Å². The Balaban J connectivity index is 3.08. The SMILES string of the molecule is CNCCN(C)C(=O)c1cc(C)ccc1NS(C)(=O)=O. The summed E-state index contributed by atoms with van der Waals surface area (Å²) in [6.07, 6.45) is 1.06. The molecule has 1 rings (SSSR count). The maximum Gasteiger partial charge on any atom is 0.255 e. The van der Waals surface area contributed by atoms with Gasteiger partial charge in [-0.2, -0.15) is 0 Å². The van der Waals surface area contributed by atoms with Crippen LogP contribution in [0.5, 0.6) is 0 Å². The average Bonchev–Trinajstić information content (AvgIpc) is 2.35. The molecule has 0 atom stereocenters. The topological polar surface area (TPSA) is 78.5 Å². The van der Waals surface area contributed by atoms with Crippen LogP contribution < -0.4 is 10.0 Å². The summed E-state index contributed by atoms with van der Waals surface area (Å²) < 4.78 is 25.1. The number of carbonyl (C=O) groups is 1. The summed E-state index contributed by atoms with van der Waals surface area (Å²) in [4.78, 5) is 13.9. The third kappa shape index (κ3) is 4.82. The molecule has 0 aliphatic heterocycles. The van der Waals surface area contributed by atoms with Crippen LogP contribution in [0, 0.1) is 6.92 Å². The number of aryl methyl sites for hydroxylation is 1. The van der Waals surface area contributed by atoms with Crippen molar-refractivity contribution in [2.45, 2.75) is 6.92 Å². The Morgan fingerprint density at radius 2 is 2.00 bits per heavy atom. The molecule has 0 radical (unpaired) electrons. The number of likely N-dealkylation sites (N-methyl/N-ethyl adjacent to an activating group) is 2. The van der Waals surface area contributed by atoms with Crippen LogP contribution in [0.2, 0.25) is 0 Å². The molecule has 2 N–H and O–H groups in total. The Hall–Kier alpha value is -1.60. The summed E-state index contributed by atoms with van der Waals surface area (Å²) in [7, 11) is 0.0721. The molecular formula is C13H21N3O3S. The maximum atomic E-state index is 12.4. The smallest absolute Gasteiger partial charge is 0.255 e. The third-order valence-corrected chi connectivity index (χ3v) is 3.34. The number of benzene rings is 1. The van der Waals surface area contributed by atoms with Crippen LogP contribution in [0.1, 0.15) is 15.9 Å². The number of carbonyl (C=O) groups excluding carboxylic acids is 1. The fourth-order valence-electron chi connectivity index (χ4n) is 1.71. The molecule has 0 spiro atoms. The van der Waals surface area contributed by atoms with E-state index in [1.165, 1.54) is 0 Å². The van der Waals surface area contributed by atoms with Crippen molar-refractivity contribution in [1.29, 1.82) is 0 Å². The molecule has 0 aliphatic carbocycles. The van der Waals surface area contributed by atoms with Crippen LogP contribution in [-0.2, 0) is 10.0 Å². The molecule has 0 bridgehead atoms. The first-order valence-electron chi connectivity index (χ1n) is 6.23. The summed E-state index contributed by atoms with van der Waals surface area (Å²) in [6.45, 7) is 3.07. The van der Waals surface area contributed by atoms with Crippen molar-refractivity contribution < 1.29 is 13.2 Å². The van der Waals surface area contributed by atoms with Crippen LogP contribution in [0.15, 0.2) is 18.2 Å². The number of sulfonamides is 1. The molecule has 0 fully saturated rings. The summed E-state index contributed by atoms with van der Waals surface area (Å²) >= 11 is 0. The van der Waals surface area contributed by atoms with Gasteiger partial charge < -0.3 is 10.2 Å². The summed E-state index contributed by atoms with van der Waals surface area (Å²) in [6, 6.07) is 5.05. The largest absolute Gasteiger partial charge is 0.340 e. The molecule has 20 heavy (non-hydrogen) atoms. The molecular weight excluding hydrogens is 278 g/mol. The summed E-state index contributed by atoms with van der Waals surface area (Å²) in [5, 5.41) is 2.96. The number of hydrogen-bond donors (Lipinski definition) is 2. The van der Waals surface area contributed by atoms with Crippen LogP contribution in [0.25, 0.3) is 0 Å². The van der Waals surface area contributed by atoms with Crippen LogP contribution >= 0.6 is 0 Å². The van der Waals surface area contributed by atoms with Gasteiger partial charge in [0.05, 0.1) is 17.5 Å². The van der Waals surface area contributed by atoms with Gasteiger partial charge in [-0.25, -0.2) is 8.42 Å². The quantitative estimate of drug-likeness (QED) is 0.809. The van der Waals surface area contributed by atoms with Gasteiger partial charge in [-0.1, -0.05) is 11.6 Å². The maximum absolute atomic E-state index is 12.4. The van der Waals surface area contributed by atoms with Crippen LogP contribution in [0.4, 0.5) is 5.69 Å². The zero-order valence-corrected chi connectivity index (χ0v) is 13.0. The van der Waals surface area contributed by atoms with E-state index < -0.39 is 10.0 Å². The van der Waals surface area contributed by atoms with Crippen molar-refractivity contribution in [2.75, 3.05) is 38.2 Å². The monoisotopic (exact) mass is 299 g/mol. The van der Waals surface area contributed by atoms with Crippen molar-refractivity contribution in [2.24, 2.45) is 0 Å². The van der Waals surface area contributed by atoms with E-state index in [1.54, 1.807) is 30.1 Å². The zero-order valence-electron chi connectivity index (χ0n) is 12.2. The Morgan fingerprint density at radius 3 is 2.55 bits per heavy atom. The van der Waals surface area contributed by atoms with E-state index in [-0.39, 0.29) is 5.91 Å². The first-order valence-corrected chi connectivity index (χ1v) is 8.12. The minimum absolute atomic E-state index is 0.213. The van der Waals surface area contributed by atoms with Gasteiger partial charge in [0.2, 0.25) is 10.0 Å². The lowest BCUT2D eigenvalue weighted by Gasteiger charge is -2.19. The molecule has 0 saturated carbocycles. The first kappa shape index (κ1) is 16.5. The predicted octanol–water partition coefficient (Wildman–Crippen LogP) is 0.658. The lowest BCUT2D eigenvalue weighted by atomic mass is 10.1. The molecule has 0 saturated heterocycles. The number of rotatable bonds is 6. The molecule has 7 heteroatoms. The van der Waals surface area contributed by atoms with Gasteiger partial charge in [-0.15, -0.1) is 0 Å². The predicted molar refractivity (Wildman–Crippen MR) is 80.5 cm³/mol. The minimum atomic E-state index is -3.42. The highest BCUT2D eigenvalue weighted by atomic mass is 32.2. The molecule has 0 heterocycles. The van der Waals surface area contributed by atoms with Gasteiger partial charge in [0.15, 0.2) is 0 Å². The van der Waals surface area contributed by atoms with Crippen molar-refractivity contribution >= 4 is 21.6 Å². The molecule has 1 aromatic rings. The average molecular weight is 299 g/mol. The molecule has 112 valence electrons. The lowest BCUT2D eigenvalue weighted by molar-refractivity contribution is 0.0798. The van der Waals surface area contributed by atoms with Crippen molar-refractivity contribution in [3.8, 4) is 0 Å². The number of nitrogens with zero attached hydrogens (tertiary/aromatic N) is 1. The van der Waals surface area contributed by atoms with Gasteiger partial charge in [0.25, 0.3) is 5.91 Å². The lowest BCUT2D eigenvalue weighted by Crippen LogP contribution is -2.33. The van der Waals surface area contributed by atoms with Gasteiger partial charge in [0.1, 0.15) is 0 Å². The normalized spacial score (nSPS) is 11.2. The second-order valence-corrected chi connectivity index (χ2v) is 6.50. The van der Waals surface area contributed by atoms with E-state index in [4.69, 9.17) is 0 Å². The van der Waals surface area contributed by atoms with E-state index in [9.17, 15) is 13.2 Å². The molecule has 1 amide bonds. The van der Waals surface area contributed by atoms with Crippen LogP contribution in [0.3, 0.4) is 0 Å². The van der Waals surface area contributed by atoms with Crippen molar-refractivity contribution in [1.82, 2.24) is 10.2 Å². The molecule has 0 unspecified atom stereocenters. The third-order valence-electron chi connectivity index (χ3n) is 2.74. The molecule has 0 aromatic heterocycles. The number of nitrogens with one attached hydrogen (secondary N) is 2. The van der Waals surface area contributed by atoms with E-state index in [1.807, 2.05) is 14.0 Å². The fourth-order valence-corrected chi connectivity index (χ4v) is 2.29. The second kappa shape index (κ2) is 6.71. The Bertz CT molecular complexity index is 585. The van der Waals surface area contributed by atoms with Gasteiger partial charge >= 0.3 is 0 Å². The minimum Gasteiger partial charge on any atom is -0.340 e. The number of hydrogen-bond acceptors (Lipinski definition) is 4. The molecule has 1 aromatic carbocycles. The Morgan fingerprint density at radius 1 is 1.35 bits per heavy atom. The standard InChI is InChI=1S/C13H21N3O3S/c1-10-5-6-12(15-20(4,18)19)11(9-10)13(17)16(3)8-7-14-2/h5-6,9,14-15H,7-8H2,1-4H3. The van der Waals surface area contributed by atoms with Crippen molar-refractivity contribution in [3.63, 3.8) is 0 Å². The van der Waals surface area contributed by atoms with Crippen LogP contribution in [-0.4, -0.2) is 52.7 Å². The van der Waals surface area contributed by atoms with Gasteiger partial charge in [-0.3, -0.25) is 9.52 Å². The van der Waals surface area contributed by atoms with Gasteiger partial charge in [0, 0.05) is 20.1 Å². The van der Waals surface area contributed by atoms with Gasteiger partial charge in [-0.05, 0) is 26.1 Å². The number of amides is 1. The fraction of sp³-hybridized carbons (Fsp3) is 0.462. The highest BCUT2D eigenvalue weighted by Crippen LogP contribution is 2.20. The van der Waals surface area contributed by atoms with E-state index in [0.29, 0.717) is 24.3 Å². The van der Waals surface area contributed by atoms with Crippen molar-refractivity contribution in [3.05, 3.63) is 29.3 Å². The highest BCUT2D eigenvalue weighted by molar-refractivity contribution is 7.92. The highest BCUT2D eigenvalue weighted by Gasteiger charge is 2.17. The van der Waals surface area contributed by atoms with E-state index in [2.05, 4.69) is 10.0 Å². The number of anilines is 1. The first-order chi connectivity index (χ1) is 9.24. The summed E-state index contributed by atoms with van der Waals surface area (Å²) in [5.74, 6) is -0.213. The summed E-state index contributed by atoms with van der Waals surface area (Å²) in [5.41, 5.74) is 1.56. The Kier molecular flexibility index (Phi) is 5.52. The van der Waals surface area contributed by atoms with E-state index in [0.717, 1.165) is 11.8 Å². The second-order valence-electron chi connectivity index (χ2n) is 4.75. The van der Waals surface area contributed by atoms with E-state index >= 15 is 0 Å². The zero-order chi connectivity index (χ0) is 15.3. The molecule has 6 nitrogen and oxygen atoms in total.